The SMILES string of the molecule is CCCOc1ccc(C2c3c(oc4ccccc4c3=O)C(=O)N2Cc2ccc(C)cc2)cc1. The first-order valence-corrected chi connectivity index (χ1v) is 11.2. The van der Waals surface area contributed by atoms with Crippen LogP contribution in [0.3, 0.4) is 0 Å². The highest BCUT2D eigenvalue weighted by molar-refractivity contribution is 5.99. The number of fused-ring (bicyclic) bond motifs is 2. The lowest BCUT2D eigenvalue weighted by Gasteiger charge is -2.25. The molecule has 0 spiro atoms. The Morgan fingerprint density at radius 1 is 0.939 bits per heavy atom. The Bertz CT molecular complexity index is 1370. The number of hydrogen-bond donors (Lipinski definition) is 0. The van der Waals surface area contributed by atoms with Gasteiger partial charge >= 0.3 is 0 Å². The van der Waals surface area contributed by atoms with Gasteiger partial charge in [0, 0.05) is 6.54 Å². The number of carbonyl (C=O) groups is 1. The van der Waals surface area contributed by atoms with Gasteiger partial charge in [0.25, 0.3) is 5.91 Å². The van der Waals surface area contributed by atoms with E-state index in [1.165, 1.54) is 0 Å². The quantitative estimate of drug-likeness (QED) is 0.390. The number of hydrogen-bond acceptors (Lipinski definition) is 4. The Labute approximate surface area is 192 Å². The summed E-state index contributed by atoms with van der Waals surface area (Å²) in [5.74, 6) is 0.618. The van der Waals surface area contributed by atoms with E-state index in [4.69, 9.17) is 9.15 Å². The van der Waals surface area contributed by atoms with E-state index in [1.54, 1.807) is 29.2 Å². The lowest BCUT2D eigenvalue weighted by Crippen LogP contribution is -2.29. The van der Waals surface area contributed by atoms with Gasteiger partial charge in [0.05, 0.1) is 23.6 Å². The summed E-state index contributed by atoms with van der Waals surface area (Å²) in [5.41, 5.74) is 3.65. The van der Waals surface area contributed by atoms with Crippen molar-refractivity contribution < 1.29 is 13.9 Å². The summed E-state index contributed by atoms with van der Waals surface area (Å²) in [4.78, 5) is 28.8. The fourth-order valence-electron chi connectivity index (χ4n) is 4.33. The van der Waals surface area contributed by atoms with Crippen molar-refractivity contribution >= 4 is 16.9 Å². The van der Waals surface area contributed by atoms with E-state index in [0.717, 1.165) is 28.9 Å². The third-order valence-corrected chi connectivity index (χ3v) is 6.02. The minimum atomic E-state index is -0.533. The standard InChI is InChI=1S/C28H25NO4/c1-3-16-32-21-14-12-20(13-15-21)25-24-26(30)22-6-4-5-7-23(22)33-27(24)28(31)29(25)17-19-10-8-18(2)9-11-19/h4-15,25H,3,16-17H2,1-2H3. The normalized spacial score (nSPS) is 15.2. The molecule has 1 aromatic heterocycles. The summed E-state index contributed by atoms with van der Waals surface area (Å²) in [6, 6.07) is 22.2. The highest BCUT2D eigenvalue weighted by Crippen LogP contribution is 2.39. The van der Waals surface area contributed by atoms with E-state index in [2.05, 4.69) is 6.92 Å². The van der Waals surface area contributed by atoms with Crippen LogP contribution in [0.4, 0.5) is 0 Å². The molecule has 0 saturated heterocycles. The average molecular weight is 440 g/mol. The molecule has 0 aliphatic carbocycles. The minimum Gasteiger partial charge on any atom is -0.494 e. The van der Waals surface area contributed by atoms with Crippen LogP contribution in [0.15, 0.2) is 82.0 Å². The molecule has 2 heterocycles. The Morgan fingerprint density at radius 2 is 1.67 bits per heavy atom. The largest absolute Gasteiger partial charge is 0.494 e. The summed E-state index contributed by atoms with van der Waals surface area (Å²) in [6.45, 7) is 5.10. The predicted molar refractivity (Wildman–Crippen MR) is 128 cm³/mol. The van der Waals surface area contributed by atoms with Crippen LogP contribution in [-0.4, -0.2) is 17.4 Å². The zero-order chi connectivity index (χ0) is 22.9. The summed E-state index contributed by atoms with van der Waals surface area (Å²) in [7, 11) is 0. The molecule has 1 unspecified atom stereocenters. The van der Waals surface area contributed by atoms with Gasteiger partial charge in [-0.3, -0.25) is 9.59 Å². The van der Waals surface area contributed by atoms with Gasteiger partial charge in [-0.1, -0.05) is 61.0 Å². The van der Waals surface area contributed by atoms with Crippen LogP contribution in [-0.2, 0) is 6.54 Å². The highest BCUT2D eigenvalue weighted by Gasteiger charge is 2.42. The molecule has 1 aliphatic rings. The van der Waals surface area contributed by atoms with Crippen molar-refractivity contribution in [1.29, 1.82) is 0 Å². The van der Waals surface area contributed by atoms with Crippen LogP contribution in [0.2, 0.25) is 0 Å². The molecule has 4 aromatic rings. The number of aryl methyl sites for hydroxylation is 1. The summed E-state index contributed by atoms with van der Waals surface area (Å²) >= 11 is 0. The Kier molecular flexibility index (Phi) is 5.47. The number of carbonyl (C=O) groups excluding carboxylic acids is 1. The second kappa shape index (κ2) is 8.58. The zero-order valence-electron chi connectivity index (χ0n) is 18.7. The van der Waals surface area contributed by atoms with Crippen molar-refractivity contribution in [2.75, 3.05) is 6.61 Å². The van der Waals surface area contributed by atoms with E-state index in [9.17, 15) is 9.59 Å². The van der Waals surface area contributed by atoms with Crippen molar-refractivity contribution in [2.45, 2.75) is 32.9 Å². The topological polar surface area (TPSA) is 59.8 Å². The van der Waals surface area contributed by atoms with Gasteiger partial charge in [-0.25, -0.2) is 0 Å². The fourth-order valence-corrected chi connectivity index (χ4v) is 4.33. The molecule has 33 heavy (non-hydrogen) atoms. The van der Waals surface area contributed by atoms with Gasteiger partial charge in [0.15, 0.2) is 5.43 Å². The number of amides is 1. The van der Waals surface area contributed by atoms with Crippen LogP contribution < -0.4 is 10.2 Å². The molecular weight excluding hydrogens is 414 g/mol. The van der Waals surface area contributed by atoms with Crippen molar-refractivity contribution in [2.24, 2.45) is 0 Å². The summed E-state index contributed by atoms with van der Waals surface area (Å²) in [5, 5.41) is 0.481. The predicted octanol–water partition coefficient (Wildman–Crippen LogP) is 5.64. The van der Waals surface area contributed by atoms with E-state index in [-0.39, 0.29) is 17.1 Å². The second-order valence-corrected chi connectivity index (χ2v) is 8.41. The zero-order valence-corrected chi connectivity index (χ0v) is 18.7. The van der Waals surface area contributed by atoms with Crippen LogP contribution in [0.25, 0.3) is 11.0 Å². The Morgan fingerprint density at radius 3 is 2.39 bits per heavy atom. The van der Waals surface area contributed by atoms with Gasteiger partial charge in [-0.05, 0) is 48.7 Å². The van der Waals surface area contributed by atoms with Crippen molar-refractivity contribution in [3.8, 4) is 5.75 Å². The number of ether oxygens (including phenoxy) is 1. The maximum atomic E-state index is 13.5. The van der Waals surface area contributed by atoms with Crippen LogP contribution in [0.5, 0.6) is 5.75 Å². The molecule has 0 fully saturated rings. The van der Waals surface area contributed by atoms with Crippen LogP contribution >= 0.6 is 0 Å². The lowest BCUT2D eigenvalue weighted by atomic mass is 9.98. The monoisotopic (exact) mass is 439 g/mol. The maximum Gasteiger partial charge on any atom is 0.291 e. The van der Waals surface area contributed by atoms with E-state index in [0.29, 0.717) is 29.7 Å². The molecule has 5 nitrogen and oxygen atoms in total. The highest BCUT2D eigenvalue weighted by atomic mass is 16.5. The van der Waals surface area contributed by atoms with Crippen LogP contribution in [0, 0.1) is 6.92 Å². The molecule has 0 radical (unpaired) electrons. The first kappa shape index (κ1) is 21.0. The second-order valence-electron chi connectivity index (χ2n) is 8.41. The van der Waals surface area contributed by atoms with Gasteiger partial charge < -0.3 is 14.1 Å². The van der Waals surface area contributed by atoms with Crippen LogP contribution in [0.1, 0.15) is 52.2 Å². The van der Waals surface area contributed by atoms with Gasteiger partial charge in [-0.15, -0.1) is 0 Å². The molecule has 0 N–H and O–H groups in total. The molecule has 166 valence electrons. The van der Waals surface area contributed by atoms with E-state index >= 15 is 0 Å². The third-order valence-electron chi connectivity index (χ3n) is 6.02. The number of rotatable bonds is 6. The fraction of sp³-hybridized carbons (Fsp3) is 0.214. The maximum absolute atomic E-state index is 13.5. The van der Waals surface area contributed by atoms with Gasteiger partial charge in [-0.2, -0.15) is 0 Å². The number of para-hydroxylation sites is 1. The molecule has 0 saturated carbocycles. The molecule has 1 amide bonds. The minimum absolute atomic E-state index is 0.127. The first-order chi connectivity index (χ1) is 16.1. The lowest BCUT2D eigenvalue weighted by molar-refractivity contribution is 0.0714. The summed E-state index contributed by atoms with van der Waals surface area (Å²) < 4.78 is 11.7. The molecule has 5 heteroatoms. The molecule has 1 aliphatic heterocycles. The van der Waals surface area contributed by atoms with Crippen molar-refractivity contribution in [3.05, 3.63) is 111 Å². The van der Waals surface area contributed by atoms with Crippen molar-refractivity contribution in [3.63, 3.8) is 0 Å². The Balaban J connectivity index is 1.63. The first-order valence-electron chi connectivity index (χ1n) is 11.2. The number of nitrogens with zero attached hydrogens (tertiary/aromatic N) is 1. The number of benzene rings is 3. The van der Waals surface area contributed by atoms with Gasteiger partial charge in [0.1, 0.15) is 11.3 Å². The van der Waals surface area contributed by atoms with Gasteiger partial charge in [0.2, 0.25) is 5.76 Å². The van der Waals surface area contributed by atoms with E-state index < -0.39 is 6.04 Å². The third kappa shape index (κ3) is 3.80. The average Bonchev–Trinajstić information content (AvgIpc) is 3.11. The van der Waals surface area contributed by atoms with E-state index in [1.807, 2.05) is 55.5 Å². The van der Waals surface area contributed by atoms with Crippen molar-refractivity contribution in [1.82, 2.24) is 4.90 Å². The molecule has 0 bridgehead atoms. The summed E-state index contributed by atoms with van der Waals surface area (Å²) in [6.07, 6.45) is 0.921. The smallest absolute Gasteiger partial charge is 0.291 e. The molecule has 5 rings (SSSR count). The molecule has 1 atom stereocenters. The molecule has 3 aromatic carbocycles. The Hall–Kier alpha value is -3.86. The molecular formula is C28H25NO4.